The van der Waals surface area contributed by atoms with E-state index in [9.17, 15) is 16.8 Å². The highest BCUT2D eigenvalue weighted by Crippen LogP contribution is 2.24. The topological polar surface area (TPSA) is 132 Å². The highest BCUT2D eigenvalue weighted by molar-refractivity contribution is 7.93. The van der Waals surface area contributed by atoms with Crippen LogP contribution in [-0.2, 0) is 19.9 Å². The van der Waals surface area contributed by atoms with E-state index < -0.39 is 19.9 Å². The van der Waals surface area contributed by atoms with Crippen molar-refractivity contribution >= 4 is 31.4 Å². The lowest BCUT2D eigenvalue weighted by atomic mass is 10.3. The van der Waals surface area contributed by atoms with Crippen molar-refractivity contribution in [2.24, 2.45) is 0 Å². The summed E-state index contributed by atoms with van der Waals surface area (Å²) in [4.78, 5) is -0.487. The molecule has 0 saturated heterocycles. The Morgan fingerprint density at radius 1 is 1.19 bits per heavy atom. The van der Waals surface area contributed by atoms with Crippen LogP contribution in [0.2, 0.25) is 0 Å². The van der Waals surface area contributed by atoms with Crippen molar-refractivity contribution in [3.05, 3.63) is 30.0 Å². The number of nitrogens with zero attached hydrogens (tertiary/aromatic N) is 1. The van der Waals surface area contributed by atoms with E-state index in [0.29, 0.717) is 5.76 Å². The van der Waals surface area contributed by atoms with Gasteiger partial charge < -0.3 is 10.3 Å². The standard InChI is InChI=1S/C11H13N3O5S2/c1-7-5-11(13-19-7)14-21(17,18)10-6-8(20(2,15)16)3-4-9(10)12/h3-6H,12H2,1-2H3,(H,13,14). The number of hydrogen-bond acceptors (Lipinski definition) is 7. The summed E-state index contributed by atoms with van der Waals surface area (Å²) in [5, 5.41) is 3.50. The van der Waals surface area contributed by atoms with E-state index in [1.165, 1.54) is 18.2 Å². The lowest BCUT2D eigenvalue weighted by Gasteiger charge is -2.09. The molecule has 0 aliphatic carbocycles. The Labute approximate surface area is 121 Å². The molecule has 0 radical (unpaired) electrons. The molecule has 0 unspecified atom stereocenters. The van der Waals surface area contributed by atoms with Gasteiger partial charge in [-0.2, -0.15) is 0 Å². The third kappa shape index (κ3) is 3.34. The number of sulfonamides is 1. The van der Waals surface area contributed by atoms with Gasteiger partial charge in [0.05, 0.1) is 10.6 Å². The molecule has 0 amide bonds. The minimum Gasteiger partial charge on any atom is -0.398 e. The second kappa shape index (κ2) is 5.04. The molecule has 8 nitrogen and oxygen atoms in total. The van der Waals surface area contributed by atoms with Gasteiger partial charge in [0.15, 0.2) is 15.7 Å². The third-order valence-corrected chi connectivity index (χ3v) is 5.09. The number of rotatable bonds is 4. The van der Waals surface area contributed by atoms with Crippen LogP contribution in [0.15, 0.2) is 38.6 Å². The lowest BCUT2D eigenvalue weighted by Crippen LogP contribution is -2.15. The average Bonchev–Trinajstić information content (AvgIpc) is 2.72. The second-order valence-electron chi connectivity index (χ2n) is 4.40. The van der Waals surface area contributed by atoms with Gasteiger partial charge in [-0.3, -0.25) is 4.72 Å². The first-order valence-electron chi connectivity index (χ1n) is 5.65. The molecule has 3 N–H and O–H groups in total. The summed E-state index contributed by atoms with van der Waals surface area (Å²) < 4.78 is 54.4. The molecule has 1 aromatic carbocycles. The van der Waals surface area contributed by atoms with Crippen LogP contribution in [0, 0.1) is 6.92 Å². The van der Waals surface area contributed by atoms with Gasteiger partial charge in [0.1, 0.15) is 10.7 Å². The summed E-state index contributed by atoms with van der Waals surface area (Å²) >= 11 is 0. The van der Waals surface area contributed by atoms with Crippen LogP contribution in [0.3, 0.4) is 0 Å². The van der Waals surface area contributed by atoms with Crippen LogP contribution in [0.25, 0.3) is 0 Å². The van der Waals surface area contributed by atoms with Gasteiger partial charge in [-0.25, -0.2) is 16.8 Å². The Hall–Kier alpha value is -2.07. The van der Waals surface area contributed by atoms with E-state index in [1.807, 2.05) is 0 Å². The Balaban J connectivity index is 2.49. The predicted octanol–water partition coefficient (Wildman–Crippen LogP) is 0.770. The van der Waals surface area contributed by atoms with Crippen LogP contribution >= 0.6 is 0 Å². The molecule has 0 bridgehead atoms. The van der Waals surface area contributed by atoms with E-state index in [4.69, 9.17) is 10.3 Å². The molecule has 0 spiro atoms. The molecule has 114 valence electrons. The Morgan fingerprint density at radius 3 is 2.38 bits per heavy atom. The zero-order valence-corrected chi connectivity index (χ0v) is 12.8. The lowest BCUT2D eigenvalue weighted by molar-refractivity contribution is 0.400. The third-order valence-electron chi connectivity index (χ3n) is 2.57. The SMILES string of the molecule is Cc1cc(NS(=O)(=O)c2cc(S(C)(=O)=O)ccc2N)no1. The van der Waals surface area contributed by atoms with Gasteiger partial charge in [-0.1, -0.05) is 5.16 Å². The van der Waals surface area contributed by atoms with Gasteiger partial charge in [0, 0.05) is 12.3 Å². The maximum atomic E-state index is 12.2. The molecule has 21 heavy (non-hydrogen) atoms. The number of aryl methyl sites for hydroxylation is 1. The molecule has 1 heterocycles. The monoisotopic (exact) mass is 331 g/mol. The summed E-state index contributed by atoms with van der Waals surface area (Å²) in [6, 6.07) is 4.84. The number of aromatic nitrogens is 1. The van der Waals surface area contributed by atoms with Crippen LogP contribution < -0.4 is 10.5 Å². The van der Waals surface area contributed by atoms with E-state index in [-0.39, 0.29) is 21.3 Å². The van der Waals surface area contributed by atoms with E-state index >= 15 is 0 Å². The molecular formula is C11H13N3O5S2. The van der Waals surface area contributed by atoms with Crippen molar-refractivity contribution < 1.29 is 21.4 Å². The number of nitrogens with two attached hydrogens (primary N) is 1. The maximum absolute atomic E-state index is 12.2. The molecule has 0 saturated carbocycles. The number of sulfone groups is 1. The summed E-state index contributed by atoms with van der Waals surface area (Å²) in [5.41, 5.74) is 5.55. The van der Waals surface area contributed by atoms with Crippen LogP contribution in [0.5, 0.6) is 0 Å². The molecule has 0 atom stereocenters. The first kappa shape index (κ1) is 15.3. The number of nitrogen functional groups attached to an aromatic ring is 1. The summed E-state index contributed by atoms with van der Waals surface area (Å²) in [5.74, 6) is 0.405. The fourth-order valence-corrected chi connectivity index (χ4v) is 3.45. The zero-order valence-electron chi connectivity index (χ0n) is 11.2. The predicted molar refractivity (Wildman–Crippen MR) is 76.0 cm³/mol. The Morgan fingerprint density at radius 2 is 1.86 bits per heavy atom. The minimum absolute atomic E-state index is 0.0170. The number of hydrogen-bond donors (Lipinski definition) is 2. The average molecular weight is 331 g/mol. The van der Waals surface area contributed by atoms with Crippen LogP contribution in [0.4, 0.5) is 11.5 Å². The van der Waals surface area contributed by atoms with Gasteiger partial charge in [-0.15, -0.1) is 0 Å². The van der Waals surface area contributed by atoms with Gasteiger partial charge in [-0.05, 0) is 25.1 Å². The smallest absolute Gasteiger partial charge is 0.265 e. The first-order valence-corrected chi connectivity index (χ1v) is 9.03. The second-order valence-corrected chi connectivity index (χ2v) is 8.07. The van der Waals surface area contributed by atoms with Crippen molar-refractivity contribution in [1.29, 1.82) is 0 Å². The van der Waals surface area contributed by atoms with Gasteiger partial charge in [0.2, 0.25) is 0 Å². The molecule has 0 aliphatic heterocycles. The van der Waals surface area contributed by atoms with Crippen molar-refractivity contribution in [2.45, 2.75) is 16.7 Å². The van der Waals surface area contributed by atoms with Crippen molar-refractivity contribution in [3.63, 3.8) is 0 Å². The fraction of sp³-hybridized carbons (Fsp3) is 0.182. The molecule has 10 heteroatoms. The van der Waals surface area contributed by atoms with E-state index in [0.717, 1.165) is 12.3 Å². The molecule has 2 rings (SSSR count). The zero-order chi connectivity index (χ0) is 15.8. The minimum atomic E-state index is -4.08. The highest BCUT2D eigenvalue weighted by Gasteiger charge is 2.21. The Bertz CT molecular complexity index is 884. The van der Waals surface area contributed by atoms with Crippen LogP contribution in [0.1, 0.15) is 5.76 Å². The van der Waals surface area contributed by atoms with Gasteiger partial charge in [0.25, 0.3) is 10.0 Å². The molecular weight excluding hydrogens is 318 g/mol. The fourth-order valence-electron chi connectivity index (χ4n) is 1.59. The summed E-state index contributed by atoms with van der Waals surface area (Å²) in [6.07, 6.45) is 0.976. The highest BCUT2D eigenvalue weighted by atomic mass is 32.2. The van der Waals surface area contributed by atoms with Crippen molar-refractivity contribution in [2.75, 3.05) is 16.7 Å². The Kier molecular flexibility index (Phi) is 3.68. The number of anilines is 2. The quantitative estimate of drug-likeness (QED) is 0.790. The molecule has 0 aliphatic rings. The number of nitrogens with one attached hydrogen (secondary N) is 1. The summed E-state index contributed by atoms with van der Waals surface area (Å²) in [6.45, 7) is 1.60. The number of benzene rings is 1. The first-order chi connectivity index (χ1) is 9.59. The van der Waals surface area contributed by atoms with Crippen LogP contribution in [-0.4, -0.2) is 28.2 Å². The molecule has 2 aromatic rings. The molecule has 0 fully saturated rings. The van der Waals surface area contributed by atoms with Gasteiger partial charge >= 0.3 is 0 Å². The largest absolute Gasteiger partial charge is 0.398 e. The van der Waals surface area contributed by atoms with E-state index in [2.05, 4.69) is 9.88 Å². The molecule has 1 aromatic heterocycles. The normalized spacial score (nSPS) is 12.3. The van der Waals surface area contributed by atoms with Crippen molar-refractivity contribution in [3.8, 4) is 0 Å². The maximum Gasteiger partial charge on any atom is 0.265 e. The van der Waals surface area contributed by atoms with Crippen molar-refractivity contribution in [1.82, 2.24) is 5.16 Å². The van der Waals surface area contributed by atoms with E-state index in [1.54, 1.807) is 6.92 Å². The summed E-state index contributed by atoms with van der Waals surface area (Å²) in [7, 11) is -7.63.